The van der Waals surface area contributed by atoms with Crippen molar-refractivity contribution in [3.8, 4) is 5.75 Å². The van der Waals surface area contributed by atoms with E-state index in [1.807, 2.05) is 42.2 Å². The predicted octanol–water partition coefficient (Wildman–Crippen LogP) is 5.97. The first-order valence-corrected chi connectivity index (χ1v) is 12.1. The van der Waals surface area contributed by atoms with E-state index < -0.39 is 0 Å². The van der Waals surface area contributed by atoms with Crippen molar-refractivity contribution < 1.29 is 9.23 Å². The van der Waals surface area contributed by atoms with Gasteiger partial charge in [-0.3, -0.25) is 4.68 Å². The van der Waals surface area contributed by atoms with Gasteiger partial charge in [0, 0.05) is 54.6 Å². The van der Waals surface area contributed by atoms with Gasteiger partial charge in [0.05, 0.1) is 5.52 Å². The van der Waals surface area contributed by atoms with E-state index in [2.05, 4.69) is 43.1 Å². The molecule has 35 heavy (non-hydrogen) atoms. The molecule has 184 valence electrons. The third-order valence-corrected chi connectivity index (χ3v) is 7.27. The van der Waals surface area contributed by atoms with Crippen LogP contribution >= 0.6 is 0 Å². The van der Waals surface area contributed by atoms with Gasteiger partial charge in [-0.15, -0.1) is 6.58 Å². The van der Waals surface area contributed by atoms with Gasteiger partial charge in [0.1, 0.15) is 5.82 Å². The number of nitrogens with two attached hydrogens (primary N) is 1. The van der Waals surface area contributed by atoms with Gasteiger partial charge in [-0.25, -0.2) is 4.39 Å². The van der Waals surface area contributed by atoms with E-state index in [-0.39, 0.29) is 11.7 Å². The minimum absolute atomic E-state index is 0.142. The molecular weight excluding hydrogens is 439 g/mol. The standard InChI is InChI=1S/C29H35FN4O/c1-6-19(2)20(3)27-18-34(32-5)28-17-29(35-31)25(16-26(27)28)21(4)33-13-11-23(12-14-33)15-22-7-9-24(30)10-8-22/h6-10,16-19,23,32H,1,3-4,11-15,31H2,2,5H3. The van der Waals surface area contributed by atoms with Crippen LogP contribution in [0.3, 0.4) is 0 Å². The summed E-state index contributed by atoms with van der Waals surface area (Å²) in [5.41, 5.74) is 9.16. The van der Waals surface area contributed by atoms with Gasteiger partial charge in [0.25, 0.3) is 0 Å². The van der Waals surface area contributed by atoms with Crippen LogP contribution in [-0.4, -0.2) is 29.7 Å². The van der Waals surface area contributed by atoms with Crippen molar-refractivity contribution in [2.75, 3.05) is 25.6 Å². The van der Waals surface area contributed by atoms with Crippen LogP contribution in [0.2, 0.25) is 0 Å². The molecule has 1 aliphatic rings. The van der Waals surface area contributed by atoms with Crippen LogP contribution in [-0.2, 0) is 6.42 Å². The molecule has 1 unspecified atom stereocenters. The number of hydrogen-bond acceptors (Lipinski definition) is 4. The Balaban J connectivity index is 1.57. The molecule has 2 aromatic carbocycles. The van der Waals surface area contributed by atoms with Crippen LogP contribution in [0, 0.1) is 17.7 Å². The van der Waals surface area contributed by atoms with E-state index >= 15 is 0 Å². The average molecular weight is 475 g/mol. The summed E-state index contributed by atoms with van der Waals surface area (Å²) in [7, 11) is 1.87. The Labute approximate surface area is 207 Å². The number of nitrogens with one attached hydrogen (secondary N) is 1. The molecule has 0 amide bonds. The molecule has 0 bridgehead atoms. The number of benzene rings is 2. The summed E-state index contributed by atoms with van der Waals surface area (Å²) in [6.07, 6.45) is 7.01. The molecule has 0 radical (unpaired) electrons. The summed E-state index contributed by atoms with van der Waals surface area (Å²) < 4.78 is 15.2. The first-order chi connectivity index (χ1) is 16.9. The number of nitrogens with zero attached hydrogens (tertiary/aromatic N) is 2. The average Bonchev–Trinajstić information content (AvgIpc) is 3.25. The van der Waals surface area contributed by atoms with Gasteiger partial charge in [0.2, 0.25) is 0 Å². The van der Waals surface area contributed by atoms with E-state index in [0.717, 1.165) is 65.7 Å². The zero-order valence-electron chi connectivity index (χ0n) is 20.7. The molecule has 4 rings (SSSR count). The minimum Gasteiger partial charge on any atom is -0.411 e. The molecule has 5 nitrogen and oxygen atoms in total. The van der Waals surface area contributed by atoms with Crippen molar-refractivity contribution in [2.24, 2.45) is 17.7 Å². The second-order valence-corrected chi connectivity index (χ2v) is 9.38. The highest BCUT2D eigenvalue weighted by Crippen LogP contribution is 2.38. The summed E-state index contributed by atoms with van der Waals surface area (Å²) in [5, 5.41) is 1.06. The molecule has 2 heterocycles. The summed E-state index contributed by atoms with van der Waals surface area (Å²) in [5.74, 6) is 6.81. The molecule has 1 fully saturated rings. The summed E-state index contributed by atoms with van der Waals surface area (Å²) in [6, 6.07) is 10.9. The van der Waals surface area contributed by atoms with Gasteiger partial charge < -0.3 is 15.2 Å². The Morgan fingerprint density at radius 2 is 1.89 bits per heavy atom. The Morgan fingerprint density at radius 1 is 1.20 bits per heavy atom. The Hall–Kier alpha value is -3.51. The molecule has 0 aliphatic carbocycles. The number of likely N-dealkylation sites (tertiary alicyclic amines) is 1. The van der Waals surface area contributed by atoms with E-state index in [1.165, 1.54) is 17.7 Å². The lowest BCUT2D eigenvalue weighted by Crippen LogP contribution is -2.33. The number of fused-ring (bicyclic) bond motifs is 1. The molecule has 3 aromatic rings. The molecule has 1 aliphatic heterocycles. The molecule has 1 aromatic heterocycles. The first kappa shape index (κ1) is 24.6. The van der Waals surface area contributed by atoms with Crippen LogP contribution in [0.4, 0.5) is 4.39 Å². The Bertz CT molecular complexity index is 1240. The van der Waals surface area contributed by atoms with Gasteiger partial charge in [-0.2, -0.15) is 5.90 Å². The molecule has 6 heteroatoms. The number of halogens is 1. The SMILES string of the molecule is C=CC(C)C(=C)c1cn(NC)c2cc(ON)c(C(=C)N3CCC(Cc4ccc(F)cc4)CC3)cc12. The topological polar surface area (TPSA) is 55.5 Å². The highest BCUT2D eigenvalue weighted by Gasteiger charge is 2.24. The summed E-state index contributed by atoms with van der Waals surface area (Å²) >= 11 is 0. The van der Waals surface area contributed by atoms with E-state index in [1.54, 1.807) is 0 Å². The Kier molecular flexibility index (Phi) is 7.31. The lowest BCUT2D eigenvalue weighted by Gasteiger charge is -2.35. The second kappa shape index (κ2) is 10.4. The zero-order chi connectivity index (χ0) is 25.1. The van der Waals surface area contributed by atoms with E-state index in [9.17, 15) is 4.39 Å². The van der Waals surface area contributed by atoms with Crippen molar-refractivity contribution in [3.05, 3.63) is 90.9 Å². The smallest absolute Gasteiger partial charge is 0.158 e. The predicted molar refractivity (Wildman–Crippen MR) is 144 cm³/mol. The van der Waals surface area contributed by atoms with Crippen molar-refractivity contribution in [2.45, 2.75) is 26.2 Å². The number of aromatic nitrogens is 1. The Morgan fingerprint density at radius 3 is 2.49 bits per heavy atom. The molecule has 1 atom stereocenters. The van der Waals surface area contributed by atoms with Crippen molar-refractivity contribution in [1.82, 2.24) is 9.58 Å². The van der Waals surface area contributed by atoms with Crippen LogP contribution in [0.25, 0.3) is 22.2 Å². The lowest BCUT2D eigenvalue weighted by atomic mass is 9.89. The van der Waals surface area contributed by atoms with Gasteiger partial charge >= 0.3 is 0 Å². The summed E-state index contributed by atoms with van der Waals surface area (Å²) in [4.78, 5) is 7.62. The van der Waals surface area contributed by atoms with Crippen LogP contribution in [0.5, 0.6) is 5.75 Å². The zero-order valence-corrected chi connectivity index (χ0v) is 20.7. The van der Waals surface area contributed by atoms with E-state index in [0.29, 0.717) is 11.7 Å². The number of piperidine rings is 1. The maximum Gasteiger partial charge on any atom is 0.158 e. The van der Waals surface area contributed by atoms with Crippen LogP contribution in [0.1, 0.15) is 36.5 Å². The lowest BCUT2D eigenvalue weighted by molar-refractivity contribution is 0.253. The van der Waals surface area contributed by atoms with Crippen molar-refractivity contribution in [1.29, 1.82) is 0 Å². The number of hydrogen-bond donors (Lipinski definition) is 2. The van der Waals surface area contributed by atoms with Crippen LogP contribution in [0.15, 0.2) is 68.4 Å². The number of rotatable bonds is 9. The largest absolute Gasteiger partial charge is 0.411 e. The molecule has 0 spiro atoms. The maximum atomic E-state index is 13.2. The second-order valence-electron chi connectivity index (χ2n) is 9.38. The highest BCUT2D eigenvalue weighted by molar-refractivity contribution is 5.96. The van der Waals surface area contributed by atoms with Crippen LogP contribution < -0.4 is 16.2 Å². The van der Waals surface area contributed by atoms with Gasteiger partial charge in [-0.05, 0) is 60.4 Å². The molecule has 0 saturated carbocycles. The highest BCUT2D eigenvalue weighted by atomic mass is 19.1. The summed E-state index contributed by atoms with van der Waals surface area (Å²) in [6.45, 7) is 16.6. The quantitative estimate of drug-likeness (QED) is 0.296. The van der Waals surface area contributed by atoms with Crippen molar-refractivity contribution >= 4 is 22.2 Å². The monoisotopic (exact) mass is 474 g/mol. The van der Waals surface area contributed by atoms with Gasteiger partial charge in [0.15, 0.2) is 5.75 Å². The maximum absolute atomic E-state index is 13.2. The fourth-order valence-electron chi connectivity index (χ4n) is 4.93. The first-order valence-electron chi connectivity index (χ1n) is 12.1. The van der Waals surface area contributed by atoms with Crippen molar-refractivity contribution in [3.63, 3.8) is 0 Å². The number of allylic oxidation sites excluding steroid dienone is 2. The normalized spacial score (nSPS) is 15.1. The molecule has 1 saturated heterocycles. The fraction of sp³-hybridized carbons (Fsp3) is 0.310. The van der Waals surface area contributed by atoms with Gasteiger partial charge in [-0.1, -0.05) is 38.3 Å². The third-order valence-electron chi connectivity index (χ3n) is 7.27. The third kappa shape index (κ3) is 4.98. The van der Waals surface area contributed by atoms with E-state index in [4.69, 9.17) is 10.7 Å². The minimum atomic E-state index is -0.189. The molecule has 3 N–H and O–H groups in total. The molecular formula is C29H35FN4O. The fourth-order valence-corrected chi connectivity index (χ4v) is 4.93.